The number of anilines is 2. The molecule has 1 aromatic heterocycles. The number of nitrogens with zero attached hydrogens (tertiary/aromatic N) is 3. The minimum absolute atomic E-state index is 0.902. The molecule has 2 heterocycles. The maximum atomic E-state index is 5.37. The van der Waals surface area contributed by atoms with E-state index in [4.69, 9.17) is 5.84 Å². The molecule has 0 aromatic carbocycles. The molecule has 15 heavy (non-hydrogen) atoms. The summed E-state index contributed by atoms with van der Waals surface area (Å²) in [7, 11) is 2.14. The first-order chi connectivity index (χ1) is 7.29. The van der Waals surface area contributed by atoms with E-state index < -0.39 is 0 Å². The summed E-state index contributed by atoms with van der Waals surface area (Å²) in [6.45, 7) is 4.22. The van der Waals surface area contributed by atoms with Crippen molar-refractivity contribution < 1.29 is 0 Å². The molecule has 1 aliphatic heterocycles. The summed E-state index contributed by atoms with van der Waals surface area (Å²) in [6.07, 6.45) is 1.78. The molecule has 0 aliphatic carbocycles. The van der Waals surface area contributed by atoms with Crippen LogP contribution >= 0.6 is 0 Å². The molecule has 1 fully saturated rings. The molecule has 2 rings (SSSR count). The third-order valence-electron chi connectivity index (χ3n) is 2.74. The van der Waals surface area contributed by atoms with Gasteiger partial charge < -0.3 is 15.2 Å². The van der Waals surface area contributed by atoms with Crippen LogP contribution in [-0.2, 0) is 0 Å². The van der Waals surface area contributed by atoms with Crippen molar-refractivity contribution >= 4 is 11.5 Å². The van der Waals surface area contributed by atoms with Crippen molar-refractivity contribution in [2.75, 3.05) is 43.6 Å². The highest BCUT2D eigenvalue weighted by Crippen LogP contribution is 2.16. The number of hydrogen-bond acceptors (Lipinski definition) is 5. The number of hydrogen-bond donors (Lipinski definition) is 2. The van der Waals surface area contributed by atoms with Crippen molar-refractivity contribution in [3.63, 3.8) is 0 Å². The van der Waals surface area contributed by atoms with Gasteiger partial charge in [-0.2, -0.15) is 0 Å². The predicted molar refractivity (Wildman–Crippen MR) is 61.8 cm³/mol. The molecule has 1 saturated heterocycles. The van der Waals surface area contributed by atoms with Gasteiger partial charge >= 0.3 is 0 Å². The number of nitrogen functional groups attached to an aromatic ring is 1. The summed E-state index contributed by atoms with van der Waals surface area (Å²) >= 11 is 0. The van der Waals surface area contributed by atoms with Crippen LogP contribution in [0.25, 0.3) is 0 Å². The molecule has 0 unspecified atom stereocenters. The maximum absolute atomic E-state index is 5.37. The van der Waals surface area contributed by atoms with E-state index in [-0.39, 0.29) is 0 Å². The Morgan fingerprint density at radius 2 is 2.07 bits per heavy atom. The summed E-state index contributed by atoms with van der Waals surface area (Å²) in [5.74, 6) is 6.36. The summed E-state index contributed by atoms with van der Waals surface area (Å²) in [5, 5.41) is 0. The molecule has 0 amide bonds. The Hall–Kier alpha value is -1.33. The van der Waals surface area contributed by atoms with Gasteiger partial charge in [-0.3, -0.25) is 5.84 Å². The average molecular weight is 207 g/mol. The van der Waals surface area contributed by atoms with Crippen LogP contribution in [0.15, 0.2) is 18.3 Å². The normalized spacial score (nSPS) is 17.9. The van der Waals surface area contributed by atoms with Gasteiger partial charge in [-0.15, -0.1) is 0 Å². The number of hydrazine groups is 1. The van der Waals surface area contributed by atoms with Gasteiger partial charge in [0.1, 0.15) is 5.82 Å². The zero-order valence-electron chi connectivity index (χ0n) is 8.98. The Morgan fingerprint density at radius 3 is 2.73 bits per heavy atom. The smallest absolute Gasteiger partial charge is 0.130 e. The molecule has 1 aliphatic rings. The van der Waals surface area contributed by atoms with Gasteiger partial charge in [0, 0.05) is 38.4 Å². The van der Waals surface area contributed by atoms with Crippen LogP contribution in [0.1, 0.15) is 0 Å². The minimum Gasteiger partial charge on any atom is -0.354 e. The lowest BCUT2D eigenvalue weighted by Crippen LogP contribution is -2.44. The van der Waals surface area contributed by atoms with Crippen LogP contribution < -0.4 is 16.2 Å². The van der Waals surface area contributed by atoms with Gasteiger partial charge in [0.05, 0.1) is 5.69 Å². The lowest BCUT2D eigenvalue weighted by Gasteiger charge is -2.33. The van der Waals surface area contributed by atoms with Crippen molar-refractivity contribution in [2.24, 2.45) is 5.84 Å². The Bertz CT molecular complexity index is 319. The average Bonchev–Trinajstić information content (AvgIpc) is 2.30. The van der Waals surface area contributed by atoms with E-state index in [9.17, 15) is 0 Å². The van der Waals surface area contributed by atoms with Crippen LogP contribution in [0, 0.1) is 0 Å². The zero-order chi connectivity index (χ0) is 10.7. The van der Waals surface area contributed by atoms with E-state index in [1.807, 2.05) is 12.1 Å². The lowest BCUT2D eigenvalue weighted by atomic mass is 10.3. The summed E-state index contributed by atoms with van der Waals surface area (Å²) < 4.78 is 0. The van der Waals surface area contributed by atoms with Crippen molar-refractivity contribution in [3.05, 3.63) is 18.3 Å². The van der Waals surface area contributed by atoms with Gasteiger partial charge in [0.15, 0.2) is 0 Å². The van der Waals surface area contributed by atoms with Crippen molar-refractivity contribution in [1.82, 2.24) is 9.88 Å². The molecular weight excluding hydrogens is 190 g/mol. The highest BCUT2D eigenvalue weighted by atomic mass is 15.3. The van der Waals surface area contributed by atoms with Crippen LogP contribution in [0.2, 0.25) is 0 Å². The fraction of sp³-hybridized carbons (Fsp3) is 0.500. The van der Waals surface area contributed by atoms with E-state index in [2.05, 4.69) is 27.3 Å². The monoisotopic (exact) mass is 207 g/mol. The quantitative estimate of drug-likeness (QED) is 0.533. The molecule has 0 spiro atoms. The third-order valence-corrected chi connectivity index (χ3v) is 2.74. The summed E-state index contributed by atoms with van der Waals surface area (Å²) in [5.41, 5.74) is 3.54. The molecular formula is C10H17N5. The first kappa shape index (κ1) is 10.2. The highest BCUT2D eigenvalue weighted by molar-refractivity contribution is 5.52. The second kappa shape index (κ2) is 4.46. The number of likely N-dealkylation sites (N-methyl/N-ethyl adjacent to an activating group) is 1. The van der Waals surface area contributed by atoms with E-state index in [1.165, 1.54) is 0 Å². The molecule has 0 atom stereocenters. The number of nitrogens with one attached hydrogen (secondary N) is 1. The fourth-order valence-electron chi connectivity index (χ4n) is 1.72. The van der Waals surface area contributed by atoms with Gasteiger partial charge in [-0.1, -0.05) is 0 Å². The van der Waals surface area contributed by atoms with E-state index >= 15 is 0 Å². The second-order valence-electron chi connectivity index (χ2n) is 3.84. The SMILES string of the molecule is CN1CCN(c2cc(NN)ccn2)CC1. The molecule has 82 valence electrons. The number of nitrogens with two attached hydrogens (primary N) is 1. The van der Waals surface area contributed by atoms with Crippen molar-refractivity contribution in [3.8, 4) is 0 Å². The van der Waals surface area contributed by atoms with Crippen LogP contribution in [0.5, 0.6) is 0 Å². The second-order valence-corrected chi connectivity index (χ2v) is 3.84. The maximum Gasteiger partial charge on any atom is 0.130 e. The van der Waals surface area contributed by atoms with Crippen LogP contribution in [0.4, 0.5) is 11.5 Å². The number of aromatic nitrogens is 1. The zero-order valence-corrected chi connectivity index (χ0v) is 8.98. The van der Waals surface area contributed by atoms with Crippen LogP contribution in [-0.4, -0.2) is 43.1 Å². The fourth-order valence-corrected chi connectivity index (χ4v) is 1.72. The minimum atomic E-state index is 0.902. The Morgan fingerprint density at radius 1 is 1.33 bits per heavy atom. The first-order valence-electron chi connectivity index (χ1n) is 5.16. The molecule has 5 heteroatoms. The molecule has 0 bridgehead atoms. The van der Waals surface area contributed by atoms with Gasteiger partial charge in [0.2, 0.25) is 0 Å². The molecule has 0 saturated carbocycles. The Labute approximate surface area is 89.8 Å². The van der Waals surface area contributed by atoms with E-state index in [1.54, 1.807) is 6.20 Å². The predicted octanol–water partition coefficient (Wildman–Crippen LogP) is 0.119. The summed E-state index contributed by atoms with van der Waals surface area (Å²) in [6, 6.07) is 3.84. The van der Waals surface area contributed by atoms with E-state index in [0.717, 1.165) is 37.7 Å². The van der Waals surface area contributed by atoms with Crippen molar-refractivity contribution in [2.45, 2.75) is 0 Å². The van der Waals surface area contributed by atoms with Gasteiger partial charge in [-0.25, -0.2) is 4.98 Å². The number of pyridine rings is 1. The number of piperazine rings is 1. The van der Waals surface area contributed by atoms with Gasteiger partial charge in [0.25, 0.3) is 0 Å². The standard InChI is InChI=1S/C10H17N5/c1-14-4-6-15(7-5-14)10-8-9(13-11)2-3-12-10/h2-3,8H,4-7,11H2,1H3,(H,12,13). The largest absolute Gasteiger partial charge is 0.354 e. The molecule has 5 nitrogen and oxygen atoms in total. The Balaban J connectivity index is 2.08. The van der Waals surface area contributed by atoms with Crippen LogP contribution in [0.3, 0.4) is 0 Å². The summed E-state index contributed by atoms with van der Waals surface area (Å²) in [4.78, 5) is 8.95. The molecule has 0 radical (unpaired) electrons. The molecule has 3 N–H and O–H groups in total. The third kappa shape index (κ3) is 2.37. The first-order valence-corrected chi connectivity index (χ1v) is 5.16. The highest BCUT2D eigenvalue weighted by Gasteiger charge is 2.14. The Kier molecular flexibility index (Phi) is 3.03. The van der Waals surface area contributed by atoms with E-state index in [0.29, 0.717) is 0 Å². The number of rotatable bonds is 2. The van der Waals surface area contributed by atoms with Gasteiger partial charge in [-0.05, 0) is 13.1 Å². The van der Waals surface area contributed by atoms with Crippen molar-refractivity contribution in [1.29, 1.82) is 0 Å². The topological polar surface area (TPSA) is 57.4 Å². The lowest BCUT2D eigenvalue weighted by molar-refractivity contribution is 0.312. The molecule has 1 aromatic rings.